The van der Waals surface area contributed by atoms with Gasteiger partial charge in [0, 0.05) is 11.6 Å². The van der Waals surface area contributed by atoms with Gasteiger partial charge in [-0.3, -0.25) is 0 Å². The Labute approximate surface area is 116 Å². The van der Waals surface area contributed by atoms with Gasteiger partial charge in [0.05, 0.1) is 4.47 Å². The average molecular weight is 320 g/mol. The minimum Gasteiger partial charge on any atom is -0.316 e. The predicted octanol–water partition coefficient (Wildman–Crippen LogP) is 4.29. The highest BCUT2D eigenvalue weighted by Gasteiger charge is 2.23. The predicted molar refractivity (Wildman–Crippen MR) is 74.7 cm³/mol. The van der Waals surface area contributed by atoms with Gasteiger partial charge in [0.1, 0.15) is 11.6 Å². The van der Waals surface area contributed by atoms with Crippen molar-refractivity contribution in [2.45, 2.75) is 39.7 Å². The molecule has 1 aromatic rings. The number of hydrogen-bond acceptors (Lipinski definition) is 1. The molecular weight excluding hydrogens is 300 g/mol. The van der Waals surface area contributed by atoms with Gasteiger partial charge < -0.3 is 5.32 Å². The number of halogens is 3. The Morgan fingerprint density at radius 3 is 2.39 bits per heavy atom. The third-order valence-electron chi connectivity index (χ3n) is 3.22. The van der Waals surface area contributed by atoms with E-state index >= 15 is 0 Å². The fourth-order valence-corrected chi connectivity index (χ4v) is 2.47. The topological polar surface area (TPSA) is 12.0 Å². The molecule has 1 unspecified atom stereocenters. The van der Waals surface area contributed by atoms with E-state index in [1.165, 1.54) is 12.1 Å². The van der Waals surface area contributed by atoms with Gasteiger partial charge in [-0.1, -0.05) is 20.8 Å². The smallest absolute Gasteiger partial charge is 0.143 e. The molecular formula is C14H20BrF2N. The molecule has 0 aromatic heterocycles. The molecule has 0 fully saturated rings. The molecule has 1 rings (SSSR count). The lowest BCUT2D eigenvalue weighted by Gasteiger charge is -2.30. The molecule has 0 saturated heterocycles. The van der Waals surface area contributed by atoms with Crippen molar-refractivity contribution >= 4 is 15.9 Å². The van der Waals surface area contributed by atoms with Crippen molar-refractivity contribution in [3.63, 3.8) is 0 Å². The summed E-state index contributed by atoms with van der Waals surface area (Å²) in [5.41, 5.74) is 0.224. The molecule has 0 heterocycles. The van der Waals surface area contributed by atoms with Gasteiger partial charge in [0.15, 0.2) is 0 Å². The Kier molecular flexibility index (Phi) is 5.29. The lowest BCUT2D eigenvalue weighted by atomic mass is 9.83. The van der Waals surface area contributed by atoms with Gasteiger partial charge in [-0.25, -0.2) is 8.78 Å². The summed E-state index contributed by atoms with van der Waals surface area (Å²) in [6.07, 6.45) is 1.09. The van der Waals surface area contributed by atoms with E-state index in [-0.39, 0.29) is 17.0 Å². The number of rotatable bonds is 4. The summed E-state index contributed by atoms with van der Waals surface area (Å²) in [6, 6.07) is 2.91. The summed E-state index contributed by atoms with van der Waals surface area (Å²) in [4.78, 5) is 0. The maximum absolute atomic E-state index is 13.8. The van der Waals surface area contributed by atoms with Crippen LogP contribution >= 0.6 is 15.9 Å². The Bertz CT molecular complexity index is 413. The molecule has 18 heavy (non-hydrogen) atoms. The molecule has 4 heteroatoms. The maximum Gasteiger partial charge on any atom is 0.143 e. The molecule has 0 radical (unpaired) electrons. The molecule has 0 saturated carbocycles. The molecule has 0 aliphatic carbocycles. The minimum atomic E-state index is -0.487. The highest BCUT2D eigenvalue weighted by molar-refractivity contribution is 9.10. The molecule has 102 valence electrons. The van der Waals surface area contributed by atoms with Crippen molar-refractivity contribution in [3.8, 4) is 0 Å². The quantitative estimate of drug-likeness (QED) is 0.816. The second kappa shape index (κ2) is 6.11. The molecule has 0 aliphatic rings. The standard InChI is InChI=1S/C14H20BrF2N/c1-14(2,3)12(18-4)8-5-9-11(16)7-6-10(15)13(9)17/h6-7,12,18H,5,8H2,1-4H3. The zero-order chi connectivity index (χ0) is 13.9. The molecule has 1 atom stereocenters. The summed E-state index contributed by atoms with van der Waals surface area (Å²) in [5.74, 6) is -0.960. The van der Waals surface area contributed by atoms with Crippen molar-refractivity contribution in [1.29, 1.82) is 0 Å². The molecule has 1 nitrogen and oxygen atoms in total. The van der Waals surface area contributed by atoms with Crippen LogP contribution in [0.4, 0.5) is 8.78 Å². The SMILES string of the molecule is CNC(CCc1c(F)ccc(Br)c1F)C(C)(C)C. The highest BCUT2D eigenvalue weighted by Crippen LogP contribution is 2.26. The molecule has 0 bridgehead atoms. The van der Waals surface area contributed by atoms with Crippen molar-refractivity contribution in [2.24, 2.45) is 5.41 Å². The van der Waals surface area contributed by atoms with Gasteiger partial charge in [0.2, 0.25) is 0 Å². The zero-order valence-corrected chi connectivity index (χ0v) is 12.9. The maximum atomic E-state index is 13.8. The van der Waals surface area contributed by atoms with Crippen LogP contribution in [-0.4, -0.2) is 13.1 Å². The largest absolute Gasteiger partial charge is 0.316 e. The van der Waals surface area contributed by atoms with E-state index in [1.807, 2.05) is 7.05 Å². The van der Waals surface area contributed by atoms with Crippen LogP contribution in [0.25, 0.3) is 0 Å². The van der Waals surface area contributed by atoms with Crippen LogP contribution in [0.2, 0.25) is 0 Å². The lowest BCUT2D eigenvalue weighted by molar-refractivity contribution is 0.266. The van der Waals surface area contributed by atoms with E-state index < -0.39 is 11.6 Å². The van der Waals surface area contributed by atoms with Crippen molar-refractivity contribution in [1.82, 2.24) is 5.32 Å². The van der Waals surface area contributed by atoms with Crippen LogP contribution in [0, 0.1) is 17.0 Å². The molecule has 0 spiro atoms. The van der Waals surface area contributed by atoms with Gasteiger partial charge in [0.25, 0.3) is 0 Å². The van der Waals surface area contributed by atoms with E-state index in [0.717, 1.165) is 0 Å². The zero-order valence-electron chi connectivity index (χ0n) is 11.3. The van der Waals surface area contributed by atoms with Crippen LogP contribution in [-0.2, 0) is 6.42 Å². The minimum absolute atomic E-state index is 0.0632. The third kappa shape index (κ3) is 3.75. The third-order valence-corrected chi connectivity index (χ3v) is 3.83. The summed E-state index contributed by atoms with van der Waals surface area (Å²) in [6.45, 7) is 6.34. The number of benzene rings is 1. The Hall–Kier alpha value is -0.480. The fourth-order valence-electron chi connectivity index (χ4n) is 2.10. The summed E-state index contributed by atoms with van der Waals surface area (Å²) in [7, 11) is 1.88. The first kappa shape index (κ1) is 15.6. The normalized spacial score (nSPS) is 13.7. The van der Waals surface area contributed by atoms with E-state index in [1.54, 1.807) is 0 Å². The first-order chi connectivity index (χ1) is 8.27. The number of nitrogens with one attached hydrogen (secondary N) is 1. The van der Waals surface area contributed by atoms with Gasteiger partial charge in [-0.05, 0) is 53.4 Å². The summed E-state index contributed by atoms with van der Waals surface area (Å²) >= 11 is 3.09. The molecule has 0 amide bonds. The van der Waals surface area contributed by atoms with Crippen LogP contribution in [0.3, 0.4) is 0 Å². The van der Waals surface area contributed by atoms with Crippen molar-refractivity contribution in [3.05, 3.63) is 33.8 Å². The molecule has 1 N–H and O–H groups in total. The number of hydrogen-bond donors (Lipinski definition) is 1. The summed E-state index contributed by atoms with van der Waals surface area (Å²) in [5, 5.41) is 3.21. The average Bonchev–Trinajstić information content (AvgIpc) is 2.27. The second-order valence-corrected chi connectivity index (χ2v) is 6.42. The fraction of sp³-hybridized carbons (Fsp3) is 0.571. The van der Waals surface area contributed by atoms with Crippen LogP contribution in [0.15, 0.2) is 16.6 Å². The Balaban J connectivity index is 2.83. The van der Waals surface area contributed by atoms with E-state index in [2.05, 4.69) is 42.0 Å². The Morgan fingerprint density at radius 1 is 1.28 bits per heavy atom. The van der Waals surface area contributed by atoms with Crippen LogP contribution in [0.1, 0.15) is 32.8 Å². The van der Waals surface area contributed by atoms with Crippen LogP contribution < -0.4 is 5.32 Å². The first-order valence-electron chi connectivity index (χ1n) is 6.07. The monoisotopic (exact) mass is 319 g/mol. The Morgan fingerprint density at radius 2 is 1.89 bits per heavy atom. The lowest BCUT2D eigenvalue weighted by Crippen LogP contribution is -2.38. The van der Waals surface area contributed by atoms with E-state index in [4.69, 9.17) is 0 Å². The first-order valence-corrected chi connectivity index (χ1v) is 6.86. The van der Waals surface area contributed by atoms with E-state index in [9.17, 15) is 8.78 Å². The van der Waals surface area contributed by atoms with Gasteiger partial charge >= 0.3 is 0 Å². The van der Waals surface area contributed by atoms with Crippen molar-refractivity contribution < 1.29 is 8.78 Å². The molecule has 0 aliphatic heterocycles. The van der Waals surface area contributed by atoms with Crippen molar-refractivity contribution in [2.75, 3.05) is 7.05 Å². The van der Waals surface area contributed by atoms with Gasteiger partial charge in [-0.2, -0.15) is 0 Å². The second-order valence-electron chi connectivity index (χ2n) is 5.57. The highest BCUT2D eigenvalue weighted by atomic mass is 79.9. The van der Waals surface area contributed by atoms with Gasteiger partial charge in [-0.15, -0.1) is 0 Å². The molecule has 1 aromatic carbocycles. The van der Waals surface area contributed by atoms with Crippen LogP contribution in [0.5, 0.6) is 0 Å². The summed E-state index contributed by atoms with van der Waals surface area (Å²) < 4.78 is 27.7. The van der Waals surface area contributed by atoms with E-state index in [0.29, 0.717) is 17.3 Å².